The van der Waals surface area contributed by atoms with Gasteiger partial charge >= 0.3 is 5.97 Å². The van der Waals surface area contributed by atoms with Gasteiger partial charge in [0.15, 0.2) is 6.61 Å². The van der Waals surface area contributed by atoms with Crippen molar-refractivity contribution in [3.05, 3.63) is 56.9 Å². The Kier molecular flexibility index (Phi) is 5.92. The number of rotatable bonds is 6. The SMILES string of the molecule is CCn1c(C)cc(C(=O)OCC(=O)Nc2ccc([N+](=O)[O-])cc2C#N)c1C. The number of carbonyl (C=O) groups is 2. The van der Waals surface area contributed by atoms with E-state index in [9.17, 15) is 19.7 Å². The topological polar surface area (TPSA) is 127 Å². The van der Waals surface area contributed by atoms with Gasteiger partial charge in [-0.05, 0) is 32.9 Å². The highest BCUT2D eigenvalue weighted by Gasteiger charge is 2.18. The molecule has 2 rings (SSSR count). The molecule has 1 aromatic heterocycles. The van der Waals surface area contributed by atoms with E-state index < -0.39 is 23.4 Å². The van der Waals surface area contributed by atoms with E-state index in [1.807, 2.05) is 18.4 Å². The van der Waals surface area contributed by atoms with E-state index in [1.54, 1.807) is 19.1 Å². The van der Waals surface area contributed by atoms with Gasteiger partial charge in [0.05, 0.1) is 21.7 Å². The van der Waals surface area contributed by atoms with Gasteiger partial charge in [0, 0.05) is 30.1 Å². The number of hydrogen-bond donors (Lipinski definition) is 1. The minimum absolute atomic E-state index is 0.0598. The number of nitrogens with one attached hydrogen (secondary N) is 1. The van der Waals surface area contributed by atoms with Crippen LogP contribution in [0.4, 0.5) is 11.4 Å². The monoisotopic (exact) mass is 370 g/mol. The number of non-ortho nitro benzene ring substituents is 1. The summed E-state index contributed by atoms with van der Waals surface area (Å²) in [6.45, 7) is 5.79. The first-order valence-corrected chi connectivity index (χ1v) is 8.10. The summed E-state index contributed by atoms with van der Waals surface area (Å²) in [5, 5.41) is 22.2. The number of anilines is 1. The van der Waals surface area contributed by atoms with E-state index in [0.717, 1.165) is 17.5 Å². The first-order valence-electron chi connectivity index (χ1n) is 8.10. The van der Waals surface area contributed by atoms with E-state index >= 15 is 0 Å². The number of nitro benzene ring substituents is 1. The highest BCUT2D eigenvalue weighted by atomic mass is 16.6. The maximum atomic E-state index is 12.2. The molecule has 9 nitrogen and oxygen atoms in total. The molecule has 0 saturated heterocycles. The van der Waals surface area contributed by atoms with Gasteiger partial charge in [-0.3, -0.25) is 14.9 Å². The molecule has 0 bridgehead atoms. The van der Waals surface area contributed by atoms with Gasteiger partial charge in [0.2, 0.25) is 0 Å². The number of carbonyl (C=O) groups excluding carboxylic acids is 2. The van der Waals surface area contributed by atoms with Gasteiger partial charge in [0.1, 0.15) is 6.07 Å². The fourth-order valence-corrected chi connectivity index (χ4v) is 2.74. The van der Waals surface area contributed by atoms with Crippen LogP contribution in [0.5, 0.6) is 0 Å². The Morgan fingerprint density at radius 1 is 1.33 bits per heavy atom. The molecular formula is C18H18N4O5. The van der Waals surface area contributed by atoms with Crippen molar-refractivity contribution in [3.8, 4) is 6.07 Å². The number of aryl methyl sites for hydroxylation is 1. The minimum Gasteiger partial charge on any atom is -0.452 e. The van der Waals surface area contributed by atoms with Crippen LogP contribution in [-0.2, 0) is 16.1 Å². The van der Waals surface area contributed by atoms with Crippen LogP contribution in [0.3, 0.4) is 0 Å². The van der Waals surface area contributed by atoms with Crippen molar-refractivity contribution in [2.75, 3.05) is 11.9 Å². The second-order valence-electron chi connectivity index (χ2n) is 5.75. The third-order valence-electron chi connectivity index (χ3n) is 4.05. The van der Waals surface area contributed by atoms with Crippen molar-refractivity contribution in [2.24, 2.45) is 0 Å². The second-order valence-corrected chi connectivity index (χ2v) is 5.75. The number of amides is 1. The first kappa shape index (κ1) is 19.7. The van der Waals surface area contributed by atoms with Crippen molar-refractivity contribution in [1.82, 2.24) is 4.57 Å². The predicted octanol–water partition coefficient (Wildman–Crippen LogP) is 2.70. The minimum atomic E-state index is -0.655. The summed E-state index contributed by atoms with van der Waals surface area (Å²) < 4.78 is 6.99. The highest BCUT2D eigenvalue weighted by Crippen LogP contribution is 2.21. The summed E-state index contributed by atoms with van der Waals surface area (Å²) in [5.74, 6) is -1.28. The van der Waals surface area contributed by atoms with Crippen molar-refractivity contribution >= 4 is 23.3 Å². The lowest BCUT2D eigenvalue weighted by Gasteiger charge is -2.08. The predicted molar refractivity (Wildman–Crippen MR) is 96.3 cm³/mol. The summed E-state index contributed by atoms with van der Waals surface area (Å²) >= 11 is 0. The molecule has 9 heteroatoms. The van der Waals surface area contributed by atoms with Gasteiger partial charge in [-0.2, -0.15) is 5.26 Å². The van der Waals surface area contributed by atoms with E-state index in [2.05, 4.69) is 5.32 Å². The zero-order chi connectivity index (χ0) is 20.1. The zero-order valence-electron chi connectivity index (χ0n) is 15.1. The lowest BCUT2D eigenvalue weighted by molar-refractivity contribution is -0.384. The molecule has 1 N–H and O–H groups in total. The third-order valence-corrected chi connectivity index (χ3v) is 4.05. The maximum Gasteiger partial charge on any atom is 0.340 e. The molecule has 0 aliphatic heterocycles. The van der Waals surface area contributed by atoms with Crippen molar-refractivity contribution in [1.29, 1.82) is 5.26 Å². The molecule has 0 atom stereocenters. The van der Waals surface area contributed by atoms with Crippen LogP contribution in [0.15, 0.2) is 24.3 Å². The fourth-order valence-electron chi connectivity index (χ4n) is 2.74. The molecular weight excluding hydrogens is 352 g/mol. The van der Waals surface area contributed by atoms with Gasteiger partial charge in [-0.1, -0.05) is 0 Å². The van der Waals surface area contributed by atoms with Crippen LogP contribution in [0.1, 0.15) is 34.2 Å². The Bertz CT molecular complexity index is 955. The molecule has 0 unspecified atom stereocenters. The third kappa shape index (κ3) is 4.30. The van der Waals surface area contributed by atoms with E-state index in [1.165, 1.54) is 12.1 Å². The summed E-state index contributed by atoms with van der Waals surface area (Å²) in [5.41, 5.74) is 1.83. The molecule has 1 amide bonds. The van der Waals surface area contributed by atoms with Crippen LogP contribution in [0.25, 0.3) is 0 Å². The Labute approximate surface area is 155 Å². The van der Waals surface area contributed by atoms with E-state index in [4.69, 9.17) is 10.00 Å². The number of esters is 1. The second kappa shape index (κ2) is 8.14. The molecule has 0 fully saturated rings. The summed E-state index contributed by atoms with van der Waals surface area (Å²) in [7, 11) is 0. The molecule has 0 aliphatic carbocycles. The summed E-state index contributed by atoms with van der Waals surface area (Å²) in [6.07, 6.45) is 0. The smallest absolute Gasteiger partial charge is 0.340 e. The van der Waals surface area contributed by atoms with Crippen LogP contribution in [0.2, 0.25) is 0 Å². The van der Waals surface area contributed by atoms with Crippen molar-refractivity contribution in [3.63, 3.8) is 0 Å². The average molecular weight is 370 g/mol. The standard InChI is InChI=1S/C18H18N4O5/c1-4-21-11(2)7-15(12(21)3)18(24)27-10-17(23)20-16-6-5-14(22(25)26)8-13(16)9-19/h5-8H,4,10H2,1-3H3,(H,20,23). The number of nitriles is 1. The quantitative estimate of drug-likeness (QED) is 0.473. The Balaban J connectivity index is 2.04. The Hall–Kier alpha value is -3.67. The molecule has 1 aromatic carbocycles. The molecule has 0 aliphatic rings. The lowest BCUT2D eigenvalue weighted by atomic mass is 10.1. The molecule has 0 radical (unpaired) electrons. The molecule has 0 spiro atoms. The highest BCUT2D eigenvalue weighted by molar-refractivity contribution is 5.96. The van der Waals surface area contributed by atoms with Crippen LogP contribution >= 0.6 is 0 Å². The molecule has 0 saturated carbocycles. The molecule has 27 heavy (non-hydrogen) atoms. The molecule has 140 valence electrons. The van der Waals surface area contributed by atoms with Crippen molar-refractivity contribution < 1.29 is 19.2 Å². The normalized spacial score (nSPS) is 10.1. The number of benzene rings is 1. The average Bonchev–Trinajstić information content (AvgIpc) is 2.93. The number of ether oxygens (including phenoxy) is 1. The number of nitrogens with zero attached hydrogens (tertiary/aromatic N) is 3. The van der Waals surface area contributed by atoms with Crippen LogP contribution < -0.4 is 5.32 Å². The van der Waals surface area contributed by atoms with E-state index in [0.29, 0.717) is 12.1 Å². The Morgan fingerprint density at radius 2 is 2.04 bits per heavy atom. The first-order chi connectivity index (χ1) is 12.8. The lowest BCUT2D eigenvalue weighted by Crippen LogP contribution is -2.21. The van der Waals surface area contributed by atoms with E-state index in [-0.39, 0.29) is 16.9 Å². The fraction of sp³-hybridized carbons (Fsp3) is 0.278. The summed E-state index contributed by atoms with van der Waals surface area (Å²) in [4.78, 5) is 34.3. The van der Waals surface area contributed by atoms with Crippen LogP contribution in [-0.4, -0.2) is 28.0 Å². The number of aromatic nitrogens is 1. The van der Waals surface area contributed by atoms with Gasteiger partial charge in [0.25, 0.3) is 11.6 Å². The van der Waals surface area contributed by atoms with Gasteiger partial charge in [-0.25, -0.2) is 4.79 Å². The Morgan fingerprint density at radius 3 is 2.59 bits per heavy atom. The van der Waals surface area contributed by atoms with Gasteiger partial charge < -0.3 is 14.6 Å². The largest absolute Gasteiger partial charge is 0.452 e. The zero-order valence-corrected chi connectivity index (χ0v) is 15.1. The van der Waals surface area contributed by atoms with Gasteiger partial charge in [-0.15, -0.1) is 0 Å². The number of nitro groups is 1. The number of hydrogen-bond acceptors (Lipinski definition) is 6. The van der Waals surface area contributed by atoms with Crippen molar-refractivity contribution in [2.45, 2.75) is 27.3 Å². The molecule has 2 aromatic rings. The maximum absolute atomic E-state index is 12.2. The van der Waals surface area contributed by atoms with Crippen LogP contribution in [0, 0.1) is 35.3 Å². The summed E-state index contributed by atoms with van der Waals surface area (Å²) in [6, 6.07) is 6.96. The molecule has 1 heterocycles.